The van der Waals surface area contributed by atoms with Crippen LogP contribution in [0, 0.1) is 5.41 Å². The highest BCUT2D eigenvalue weighted by Crippen LogP contribution is 2.40. The fraction of sp³-hybridized carbons (Fsp3) is 0.769. The fourth-order valence-electron chi connectivity index (χ4n) is 5.87. The molecule has 4 aliphatic rings. The minimum atomic E-state index is -0.0334. The van der Waals surface area contributed by atoms with Gasteiger partial charge in [0.2, 0.25) is 0 Å². The van der Waals surface area contributed by atoms with Gasteiger partial charge in [-0.15, -0.1) is 0 Å². The second kappa shape index (κ2) is 11.6. The number of ether oxygens (including phenoxy) is 2. The number of morpholine rings is 1. The first kappa shape index (κ1) is 25.7. The molecule has 5 heterocycles. The van der Waals surface area contributed by atoms with E-state index in [-0.39, 0.29) is 11.9 Å². The van der Waals surface area contributed by atoms with Gasteiger partial charge in [-0.3, -0.25) is 9.69 Å². The third-order valence-corrected chi connectivity index (χ3v) is 8.48. The van der Waals surface area contributed by atoms with E-state index in [2.05, 4.69) is 25.3 Å². The van der Waals surface area contributed by atoms with Crippen molar-refractivity contribution in [1.82, 2.24) is 20.1 Å². The van der Waals surface area contributed by atoms with Crippen LogP contribution in [0.3, 0.4) is 0 Å². The topological polar surface area (TPSA) is 108 Å². The number of piperidine rings is 2. The lowest BCUT2D eigenvalue weighted by atomic mass is 9.77. The fourth-order valence-corrected chi connectivity index (χ4v) is 5.87. The normalized spacial score (nSPS) is 23.4. The molecule has 0 atom stereocenters. The molecule has 4 fully saturated rings. The molecule has 4 saturated heterocycles. The highest BCUT2D eigenvalue weighted by molar-refractivity contribution is 5.99. The zero-order chi connectivity index (χ0) is 25.0. The molecule has 200 valence electrons. The van der Waals surface area contributed by atoms with Gasteiger partial charge < -0.3 is 35.6 Å². The van der Waals surface area contributed by atoms with Gasteiger partial charge in [0.1, 0.15) is 11.6 Å². The largest absolute Gasteiger partial charge is 0.380 e. The van der Waals surface area contributed by atoms with E-state index in [1.165, 1.54) is 0 Å². The number of carbonyl (C=O) groups is 1. The molecule has 0 aromatic carbocycles. The number of carbonyl (C=O) groups excluding carboxylic acids is 1. The maximum absolute atomic E-state index is 13.6. The molecule has 5 rings (SSSR count). The van der Waals surface area contributed by atoms with E-state index >= 15 is 0 Å². The molecule has 1 spiro atoms. The van der Waals surface area contributed by atoms with Crippen LogP contribution in [0.1, 0.15) is 41.6 Å². The van der Waals surface area contributed by atoms with E-state index in [9.17, 15) is 4.79 Å². The SMILES string of the molecule is CNc1nc(N2CCC3(CC2)COC3)c(C(=O)NC2CCN(CCN3CCOCC3)CC2)cc1CN. The van der Waals surface area contributed by atoms with Gasteiger partial charge in [0, 0.05) is 83.0 Å². The van der Waals surface area contributed by atoms with Crippen LogP contribution in [-0.4, -0.2) is 113 Å². The highest BCUT2D eigenvalue weighted by Gasteiger charge is 2.42. The summed E-state index contributed by atoms with van der Waals surface area (Å²) < 4.78 is 10.9. The lowest BCUT2D eigenvalue weighted by Crippen LogP contribution is -2.51. The molecule has 4 N–H and O–H groups in total. The predicted octanol–water partition coefficient (Wildman–Crippen LogP) is 0.725. The third-order valence-electron chi connectivity index (χ3n) is 8.48. The first-order valence-corrected chi connectivity index (χ1v) is 13.7. The Labute approximate surface area is 214 Å². The van der Waals surface area contributed by atoms with Crippen molar-refractivity contribution in [3.8, 4) is 0 Å². The Morgan fingerprint density at radius 2 is 1.72 bits per heavy atom. The number of nitrogens with one attached hydrogen (secondary N) is 2. The summed E-state index contributed by atoms with van der Waals surface area (Å²) in [6.45, 7) is 11.8. The van der Waals surface area contributed by atoms with Gasteiger partial charge in [-0.05, 0) is 31.7 Å². The van der Waals surface area contributed by atoms with E-state index in [4.69, 9.17) is 20.2 Å². The standard InChI is InChI=1S/C26H43N7O3/c1-28-23-20(17-27)16-22(24(30-23)33-8-4-26(5-9-33)18-36-19-26)25(34)29-21-2-6-31(7-3-21)10-11-32-12-14-35-15-13-32/h16,21H,2-15,17-19,27H2,1H3,(H,28,30)(H,29,34). The number of likely N-dealkylation sites (tertiary alicyclic amines) is 1. The van der Waals surface area contributed by atoms with Crippen LogP contribution in [0.25, 0.3) is 0 Å². The molecule has 4 aliphatic heterocycles. The average Bonchev–Trinajstić information content (AvgIpc) is 2.91. The van der Waals surface area contributed by atoms with E-state index in [1.54, 1.807) is 0 Å². The second-order valence-electron chi connectivity index (χ2n) is 10.8. The summed E-state index contributed by atoms with van der Waals surface area (Å²) in [6, 6.07) is 2.13. The lowest BCUT2D eigenvalue weighted by molar-refractivity contribution is -0.124. The maximum atomic E-state index is 13.6. The van der Waals surface area contributed by atoms with Gasteiger partial charge in [-0.1, -0.05) is 0 Å². The Kier molecular flexibility index (Phi) is 8.27. The van der Waals surface area contributed by atoms with Crippen LogP contribution in [0.2, 0.25) is 0 Å². The van der Waals surface area contributed by atoms with E-state index in [0.717, 1.165) is 122 Å². The van der Waals surface area contributed by atoms with Crippen LogP contribution < -0.4 is 21.3 Å². The van der Waals surface area contributed by atoms with E-state index in [0.29, 0.717) is 17.5 Å². The summed E-state index contributed by atoms with van der Waals surface area (Å²) in [4.78, 5) is 25.7. The summed E-state index contributed by atoms with van der Waals surface area (Å²) in [7, 11) is 1.86. The molecule has 0 bridgehead atoms. The zero-order valence-corrected chi connectivity index (χ0v) is 21.8. The van der Waals surface area contributed by atoms with Gasteiger partial charge in [-0.2, -0.15) is 0 Å². The van der Waals surface area contributed by atoms with Crippen LogP contribution in [-0.2, 0) is 16.0 Å². The van der Waals surface area contributed by atoms with Crippen molar-refractivity contribution in [3.05, 3.63) is 17.2 Å². The molecule has 0 saturated carbocycles. The number of aromatic nitrogens is 1. The number of hydrogen-bond acceptors (Lipinski definition) is 9. The molecule has 10 nitrogen and oxygen atoms in total. The number of nitrogens with zero attached hydrogens (tertiary/aromatic N) is 4. The van der Waals surface area contributed by atoms with E-state index in [1.807, 2.05) is 13.1 Å². The molecular formula is C26H43N7O3. The Morgan fingerprint density at radius 1 is 1.06 bits per heavy atom. The predicted molar refractivity (Wildman–Crippen MR) is 141 cm³/mol. The van der Waals surface area contributed by atoms with Gasteiger partial charge in [0.15, 0.2) is 0 Å². The second-order valence-corrected chi connectivity index (χ2v) is 10.8. The highest BCUT2D eigenvalue weighted by atomic mass is 16.5. The third kappa shape index (κ3) is 5.78. The molecular weight excluding hydrogens is 458 g/mol. The van der Waals surface area contributed by atoms with Crippen molar-refractivity contribution in [1.29, 1.82) is 0 Å². The summed E-state index contributed by atoms with van der Waals surface area (Å²) in [6.07, 6.45) is 4.10. The molecule has 1 amide bonds. The van der Waals surface area contributed by atoms with Crippen LogP contribution in [0.5, 0.6) is 0 Å². The summed E-state index contributed by atoms with van der Waals surface area (Å²) in [5, 5.41) is 6.49. The zero-order valence-electron chi connectivity index (χ0n) is 21.8. The Bertz CT molecular complexity index is 886. The van der Waals surface area contributed by atoms with Crippen molar-refractivity contribution in [2.45, 2.75) is 38.3 Å². The lowest BCUT2D eigenvalue weighted by Gasteiger charge is -2.47. The number of hydrogen-bond donors (Lipinski definition) is 3. The van der Waals surface area contributed by atoms with Crippen molar-refractivity contribution in [2.24, 2.45) is 11.1 Å². The molecule has 0 radical (unpaired) electrons. The van der Waals surface area contributed by atoms with Gasteiger partial charge in [0.05, 0.1) is 32.0 Å². The van der Waals surface area contributed by atoms with Crippen molar-refractivity contribution >= 4 is 17.5 Å². The van der Waals surface area contributed by atoms with Crippen LogP contribution >= 0.6 is 0 Å². The van der Waals surface area contributed by atoms with Crippen molar-refractivity contribution < 1.29 is 14.3 Å². The van der Waals surface area contributed by atoms with Gasteiger partial charge >= 0.3 is 0 Å². The summed E-state index contributed by atoms with van der Waals surface area (Å²) in [5.41, 5.74) is 7.85. The van der Waals surface area contributed by atoms with Crippen molar-refractivity contribution in [3.63, 3.8) is 0 Å². The summed E-state index contributed by atoms with van der Waals surface area (Å²) >= 11 is 0. The minimum absolute atomic E-state index is 0.0334. The van der Waals surface area contributed by atoms with Crippen molar-refractivity contribution in [2.75, 3.05) is 96.0 Å². The quantitative estimate of drug-likeness (QED) is 0.475. The molecule has 36 heavy (non-hydrogen) atoms. The van der Waals surface area contributed by atoms with Crippen LogP contribution in [0.15, 0.2) is 6.07 Å². The molecule has 1 aromatic heterocycles. The number of rotatable bonds is 8. The number of anilines is 2. The van der Waals surface area contributed by atoms with Crippen LogP contribution in [0.4, 0.5) is 11.6 Å². The van der Waals surface area contributed by atoms with Gasteiger partial charge in [-0.25, -0.2) is 4.98 Å². The number of pyridine rings is 1. The van der Waals surface area contributed by atoms with E-state index < -0.39 is 0 Å². The first-order chi connectivity index (χ1) is 17.6. The smallest absolute Gasteiger partial charge is 0.255 e. The Hall–Kier alpha value is -1.98. The maximum Gasteiger partial charge on any atom is 0.255 e. The summed E-state index contributed by atoms with van der Waals surface area (Å²) in [5.74, 6) is 1.49. The molecule has 10 heteroatoms. The molecule has 1 aromatic rings. The minimum Gasteiger partial charge on any atom is -0.380 e. The number of nitrogens with two attached hydrogens (primary N) is 1. The molecule has 0 unspecified atom stereocenters. The Morgan fingerprint density at radius 3 is 2.31 bits per heavy atom. The average molecular weight is 502 g/mol. The monoisotopic (exact) mass is 501 g/mol. The Balaban J connectivity index is 1.20. The number of amides is 1. The molecule has 0 aliphatic carbocycles. The van der Waals surface area contributed by atoms with Gasteiger partial charge in [0.25, 0.3) is 5.91 Å². The first-order valence-electron chi connectivity index (χ1n) is 13.7.